The molecule has 1 saturated heterocycles. The maximum Gasteiger partial charge on any atom is 0.230 e. The molecular formula is C17H17N5O3S2. The smallest absolute Gasteiger partial charge is 0.230 e. The summed E-state index contributed by atoms with van der Waals surface area (Å²) < 4.78 is 24.7. The van der Waals surface area contributed by atoms with Gasteiger partial charge in [0.25, 0.3) is 0 Å². The molecule has 0 bridgehead atoms. The van der Waals surface area contributed by atoms with Crippen LogP contribution < -0.4 is 5.32 Å². The summed E-state index contributed by atoms with van der Waals surface area (Å²) in [6.45, 7) is 0. The van der Waals surface area contributed by atoms with E-state index in [0.717, 1.165) is 11.1 Å². The van der Waals surface area contributed by atoms with Crippen LogP contribution >= 0.6 is 11.8 Å². The lowest BCUT2D eigenvalue weighted by molar-refractivity contribution is -0.119. The Hall–Kier alpha value is -2.46. The number of carbonyl (C=O) groups is 1. The zero-order chi connectivity index (χ0) is 18.9. The highest BCUT2D eigenvalue weighted by atomic mass is 32.2. The summed E-state index contributed by atoms with van der Waals surface area (Å²) >= 11 is 1.28. The number of fused-ring (bicyclic) bond motifs is 1. The molecule has 10 heteroatoms. The molecule has 1 fully saturated rings. The average Bonchev–Trinajstić information content (AvgIpc) is 3.24. The molecule has 0 unspecified atom stereocenters. The maximum absolute atomic E-state index is 12.2. The number of sulfone groups is 1. The van der Waals surface area contributed by atoms with Gasteiger partial charge in [0.1, 0.15) is 11.4 Å². The lowest BCUT2D eigenvalue weighted by Gasteiger charge is -2.10. The summed E-state index contributed by atoms with van der Waals surface area (Å²) in [5, 5.41) is 8.60. The fraction of sp³-hybridized carbons (Fsp3) is 0.294. The van der Waals surface area contributed by atoms with Crippen LogP contribution in [0.2, 0.25) is 0 Å². The molecule has 1 atom stereocenters. The van der Waals surface area contributed by atoms with E-state index in [1.54, 1.807) is 10.9 Å². The van der Waals surface area contributed by atoms with Crippen molar-refractivity contribution in [2.45, 2.75) is 17.5 Å². The van der Waals surface area contributed by atoms with Crippen LogP contribution in [-0.4, -0.2) is 57.4 Å². The Morgan fingerprint density at radius 2 is 2.07 bits per heavy atom. The molecule has 3 heterocycles. The van der Waals surface area contributed by atoms with Crippen LogP contribution in [-0.2, 0) is 14.6 Å². The molecule has 3 aromatic rings. The Morgan fingerprint density at radius 3 is 2.81 bits per heavy atom. The topological polar surface area (TPSA) is 107 Å². The monoisotopic (exact) mass is 403 g/mol. The second-order valence-electron chi connectivity index (χ2n) is 6.26. The van der Waals surface area contributed by atoms with Crippen LogP contribution in [0.15, 0.2) is 47.9 Å². The van der Waals surface area contributed by atoms with Crippen LogP contribution in [0.25, 0.3) is 16.7 Å². The molecule has 1 N–H and O–H groups in total. The zero-order valence-corrected chi connectivity index (χ0v) is 15.9. The third-order valence-electron chi connectivity index (χ3n) is 4.27. The number of thioether (sulfide) groups is 1. The van der Waals surface area contributed by atoms with E-state index in [1.165, 1.54) is 18.1 Å². The number of hydrogen-bond acceptors (Lipinski definition) is 7. The van der Waals surface area contributed by atoms with Gasteiger partial charge in [0.15, 0.2) is 15.5 Å². The highest BCUT2D eigenvalue weighted by Crippen LogP contribution is 2.25. The molecule has 8 nitrogen and oxygen atoms in total. The number of carbonyl (C=O) groups excluding carboxylic acids is 1. The first-order valence-electron chi connectivity index (χ1n) is 8.38. The highest BCUT2D eigenvalue weighted by Gasteiger charge is 2.28. The third kappa shape index (κ3) is 3.96. The van der Waals surface area contributed by atoms with Gasteiger partial charge in [-0.15, -0.1) is 0 Å². The van der Waals surface area contributed by atoms with Gasteiger partial charge < -0.3 is 5.32 Å². The number of rotatable bonds is 5. The molecule has 27 heavy (non-hydrogen) atoms. The second-order valence-corrected chi connectivity index (χ2v) is 9.46. The first-order valence-corrected chi connectivity index (χ1v) is 11.2. The van der Waals surface area contributed by atoms with E-state index in [0.29, 0.717) is 17.1 Å². The Labute approximate surface area is 160 Å². The van der Waals surface area contributed by atoms with E-state index in [-0.39, 0.29) is 29.2 Å². The van der Waals surface area contributed by atoms with Crippen LogP contribution in [0.3, 0.4) is 0 Å². The van der Waals surface area contributed by atoms with Gasteiger partial charge in [0, 0.05) is 6.04 Å². The molecule has 1 aromatic carbocycles. The van der Waals surface area contributed by atoms with E-state index in [9.17, 15) is 13.2 Å². The fourth-order valence-corrected chi connectivity index (χ4v) is 5.45. The van der Waals surface area contributed by atoms with Gasteiger partial charge in [-0.2, -0.15) is 5.10 Å². The van der Waals surface area contributed by atoms with Crippen molar-refractivity contribution in [2.75, 3.05) is 17.3 Å². The predicted molar refractivity (Wildman–Crippen MR) is 103 cm³/mol. The molecule has 1 amide bonds. The number of nitrogens with one attached hydrogen (secondary N) is 1. The van der Waals surface area contributed by atoms with Gasteiger partial charge in [-0.25, -0.2) is 23.1 Å². The average molecular weight is 403 g/mol. The molecular weight excluding hydrogens is 386 g/mol. The maximum atomic E-state index is 12.2. The number of nitrogens with zero attached hydrogens (tertiary/aromatic N) is 4. The largest absolute Gasteiger partial charge is 0.352 e. The van der Waals surface area contributed by atoms with E-state index in [4.69, 9.17) is 0 Å². The Balaban J connectivity index is 1.47. The third-order valence-corrected chi connectivity index (χ3v) is 7.04. The number of amides is 1. The van der Waals surface area contributed by atoms with Crippen molar-refractivity contribution in [1.29, 1.82) is 0 Å². The zero-order valence-electron chi connectivity index (χ0n) is 14.3. The molecule has 4 rings (SSSR count). The van der Waals surface area contributed by atoms with Crippen LogP contribution in [0.1, 0.15) is 6.42 Å². The summed E-state index contributed by atoms with van der Waals surface area (Å²) in [6, 6.07) is 9.35. The van der Waals surface area contributed by atoms with E-state index < -0.39 is 9.84 Å². The quantitative estimate of drug-likeness (QED) is 0.504. The van der Waals surface area contributed by atoms with Gasteiger partial charge >= 0.3 is 0 Å². The Morgan fingerprint density at radius 1 is 1.26 bits per heavy atom. The molecule has 1 aliphatic heterocycles. The number of aromatic nitrogens is 4. The first kappa shape index (κ1) is 17.9. The summed E-state index contributed by atoms with van der Waals surface area (Å²) in [6.07, 6.45) is 3.61. The summed E-state index contributed by atoms with van der Waals surface area (Å²) in [7, 11) is -3.01. The van der Waals surface area contributed by atoms with Gasteiger partial charge in [-0.1, -0.05) is 30.0 Å². The molecule has 140 valence electrons. The van der Waals surface area contributed by atoms with Crippen LogP contribution in [0, 0.1) is 0 Å². The standard InChI is InChI=1S/C17H17N5O3S2/c23-15(21-12-6-7-27(24,25)10-12)9-26-17-14-8-20-22(16(14)18-11-19-17)13-4-2-1-3-5-13/h1-5,8,11-12H,6-7,9-10H2,(H,21,23)/t12-/m0/s1. The van der Waals surface area contributed by atoms with Gasteiger partial charge in [0.05, 0.1) is 34.5 Å². The van der Waals surface area contributed by atoms with E-state index >= 15 is 0 Å². The normalized spacial score (nSPS) is 18.6. The lowest BCUT2D eigenvalue weighted by Crippen LogP contribution is -2.36. The highest BCUT2D eigenvalue weighted by molar-refractivity contribution is 8.00. The summed E-state index contributed by atoms with van der Waals surface area (Å²) in [5.74, 6) is 0.102. The Kier molecular flexibility index (Phi) is 4.83. The molecule has 0 radical (unpaired) electrons. The first-order chi connectivity index (χ1) is 13.0. The predicted octanol–water partition coefficient (Wildman–Crippen LogP) is 1.21. The van der Waals surface area contributed by atoms with Crippen molar-refractivity contribution >= 4 is 38.5 Å². The minimum Gasteiger partial charge on any atom is -0.352 e. The van der Waals surface area contributed by atoms with Crippen molar-refractivity contribution in [3.63, 3.8) is 0 Å². The van der Waals surface area contributed by atoms with Crippen LogP contribution in [0.4, 0.5) is 0 Å². The lowest BCUT2D eigenvalue weighted by atomic mass is 10.3. The SMILES string of the molecule is O=C(CSc1ncnc2c1cnn2-c1ccccc1)N[C@H]1CCS(=O)(=O)C1. The second kappa shape index (κ2) is 7.28. The van der Waals surface area contributed by atoms with Crippen molar-refractivity contribution in [3.8, 4) is 5.69 Å². The minimum atomic E-state index is -3.01. The number of hydrogen-bond donors (Lipinski definition) is 1. The molecule has 2 aromatic heterocycles. The molecule has 0 saturated carbocycles. The van der Waals surface area contributed by atoms with Crippen molar-refractivity contribution < 1.29 is 13.2 Å². The molecule has 0 aliphatic carbocycles. The van der Waals surface area contributed by atoms with Gasteiger partial charge in [-0.05, 0) is 18.6 Å². The van der Waals surface area contributed by atoms with Crippen molar-refractivity contribution in [1.82, 2.24) is 25.1 Å². The van der Waals surface area contributed by atoms with Gasteiger partial charge in [-0.3, -0.25) is 4.79 Å². The molecule has 0 spiro atoms. The fourth-order valence-electron chi connectivity index (χ4n) is 3.01. The van der Waals surface area contributed by atoms with Crippen LogP contribution in [0.5, 0.6) is 0 Å². The van der Waals surface area contributed by atoms with E-state index in [2.05, 4.69) is 20.4 Å². The Bertz CT molecular complexity index is 1080. The van der Waals surface area contributed by atoms with Crippen molar-refractivity contribution in [3.05, 3.63) is 42.9 Å². The number of para-hydroxylation sites is 1. The minimum absolute atomic E-state index is 0.0189. The van der Waals surface area contributed by atoms with E-state index in [1.807, 2.05) is 30.3 Å². The summed E-state index contributed by atoms with van der Waals surface area (Å²) in [4.78, 5) is 20.7. The van der Waals surface area contributed by atoms with Gasteiger partial charge in [0.2, 0.25) is 5.91 Å². The summed E-state index contributed by atoms with van der Waals surface area (Å²) in [5.41, 5.74) is 1.56. The molecule has 1 aliphatic rings. The number of benzene rings is 1. The van der Waals surface area contributed by atoms with Crippen molar-refractivity contribution in [2.24, 2.45) is 0 Å².